The zero-order chi connectivity index (χ0) is 8.48. The maximum atomic E-state index is 13.3. The first-order chi connectivity index (χ1) is 5.02. The molecule has 1 heterocycles. The summed E-state index contributed by atoms with van der Waals surface area (Å²) in [6.45, 7) is 3.33. The lowest BCUT2D eigenvalue weighted by Gasteiger charge is -2.22. The van der Waals surface area contributed by atoms with Crippen LogP contribution in [0.1, 0.15) is 25.7 Å². The minimum atomic E-state index is -1.13. The van der Waals surface area contributed by atoms with Crippen LogP contribution in [0.25, 0.3) is 0 Å². The smallest absolute Gasteiger partial charge is 0.157 e. The number of nitrogens with one attached hydrogen (secondary N) is 1. The lowest BCUT2D eigenvalue weighted by molar-refractivity contribution is 0.219. The zero-order valence-electron chi connectivity index (χ0n) is 6.76. The van der Waals surface area contributed by atoms with Crippen molar-refractivity contribution in [2.24, 2.45) is 5.73 Å². The van der Waals surface area contributed by atoms with Crippen LogP contribution >= 0.6 is 0 Å². The SMILES string of the molecule is CC(C)(N)C(F)c1ccc[nH]1. The van der Waals surface area contributed by atoms with Crippen molar-refractivity contribution in [3.8, 4) is 0 Å². The maximum absolute atomic E-state index is 13.3. The highest BCUT2D eigenvalue weighted by Gasteiger charge is 2.26. The minimum absolute atomic E-state index is 0.539. The molecule has 0 saturated heterocycles. The summed E-state index contributed by atoms with van der Waals surface area (Å²) in [5.41, 5.74) is 5.30. The third kappa shape index (κ3) is 1.80. The van der Waals surface area contributed by atoms with E-state index in [9.17, 15) is 4.39 Å². The molecule has 1 aromatic heterocycles. The van der Waals surface area contributed by atoms with Crippen LogP contribution in [-0.2, 0) is 0 Å². The molecule has 0 aliphatic heterocycles. The molecular formula is C8H13FN2. The van der Waals surface area contributed by atoms with E-state index in [0.29, 0.717) is 5.69 Å². The molecule has 3 N–H and O–H groups in total. The number of hydrogen-bond acceptors (Lipinski definition) is 1. The molecule has 0 aliphatic carbocycles. The van der Waals surface area contributed by atoms with E-state index >= 15 is 0 Å². The fourth-order valence-corrected chi connectivity index (χ4v) is 0.903. The van der Waals surface area contributed by atoms with Crippen LogP contribution in [0, 0.1) is 0 Å². The summed E-state index contributed by atoms with van der Waals surface area (Å²) in [5, 5.41) is 0. The predicted molar refractivity (Wildman–Crippen MR) is 42.9 cm³/mol. The zero-order valence-corrected chi connectivity index (χ0v) is 6.76. The molecule has 1 unspecified atom stereocenters. The van der Waals surface area contributed by atoms with E-state index < -0.39 is 11.7 Å². The van der Waals surface area contributed by atoms with E-state index in [-0.39, 0.29) is 0 Å². The average molecular weight is 156 g/mol. The summed E-state index contributed by atoms with van der Waals surface area (Å²) in [6, 6.07) is 3.45. The van der Waals surface area contributed by atoms with Crippen LogP contribution in [0.2, 0.25) is 0 Å². The van der Waals surface area contributed by atoms with Crippen molar-refractivity contribution in [3.05, 3.63) is 24.0 Å². The molecule has 62 valence electrons. The van der Waals surface area contributed by atoms with E-state index in [2.05, 4.69) is 4.98 Å². The Hall–Kier alpha value is -0.830. The van der Waals surface area contributed by atoms with Gasteiger partial charge in [0.25, 0.3) is 0 Å². The number of alkyl halides is 1. The summed E-state index contributed by atoms with van der Waals surface area (Å²) in [5.74, 6) is 0. The predicted octanol–water partition coefficient (Wildman–Crippen LogP) is 1.76. The molecule has 0 bridgehead atoms. The summed E-state index contributed by atoms with van der Waals surface area (Å²) in [6.07, 6.45) is 0.561. The molecule has 11 heavy (non-hydrogen) atoms. The Morgan fingerprint density at radius 1 is 1.64 bits per heavy atom. The van der Waals surface area contributed by atoms with E-state index in [1.165, 1.54) is 0 Å². The third-order valence-electron chi connectivity index (χ3n) is 1.55. The van der Waals surface area contributed by atoms with Crippen molar-refractivity contribution in [1.29, 1.82) is 0 Å². The first-order valence-corrected chi connectivity index (χ1v) is 3.58. The van der Waals surface area contributed by atoms with Gasteiger partial charge in [0, 0.05) is 11.7 Å². The fraction of sp³-hybridized carbons (Fsp3) is 0.500. The topological polar surface area (TPSA) is 41.8 Å². The highest BCUT2D eigenvalue weighted by atomic mass is 19.1. The highest BCUT2D eigenvalue weighted by Crippen LogP contribution is 2.25. The van der Waals surface area contributed by atoms with Gasteiger partial charge in [-0.3, -0.25) is 0 Å². The molecule has 0 saturated carbocycles. The van der Waals surface area contributed by atoms with Gasteiger partial charge in [-0.15, -0.1) is 0 Å². The first kappa shape index (κ1) is 8.27. The molecule has 0 fully saturated rings. The quantitative estimate of drug-likeness (QED) is 0.673. The van der Waals surface area contributed by atoms with Crippen molar-refractivity contribution < 1.29 is 4.39 Å². The number of nitrogens with two attached hydrogens (primary N) is 1. The van der Waals surface area contributed by atoms with Gasteiger partial charge in [-0.2, -0.15) is 0 Å². The van der Waals surface area contributed by atoms with Crippen LogP contribution in [0.5, 0.6) is 0 Å². The Bertz CT molecular complexity index is 210. The van der Waals surface area contributed by atoms with E-state index in [1.807, 2.05) is 0 Å². The van der Waals surface area contributed by atoms with Crippen molar-refractivity contribution in [2.45, 2.75) is 25.6 Å². The van der Waals surface area contributed by atoms with E-state index in [1.54, 1.807) is 32.2 Å². The number of aromatic nitrogens is 1. The standard InChI is InChI=1S/C8H13FN2/c1-8(2,10)7(9)6-4-3-5-11-6/h3-5,7,11H,10H2,1-2H3. The second-order valence-electron chi connectivity index (χ2n) is 3.31. The second-order valence-corrected chi connectivity index (χ2v) is 3.31. The third-order valence-corrected chi connectivity index (χ3v) is 1.55. The summed E-state index contributed by atoms with van der Waals surface area (Å²) in [4.78, 5) is 2.79. The van der Waals surface area contributed by atoms with Gasteiger partial charge in [0.05, 0.1) is 5.69 Å². The van der Waals surface area contributed by atoms with Gasteiger partial charge in [0.2, 0.25) is 0 Å². The molecule has 1 atom stereocenters. The second kappa shape index (κ2) is 2.66. The molecule has 1 aromatic rings. The Morgan fingerprint density at radius 2 is 2.27 bits per heavy atom. The number of rotatable bonds is 2. The summed E-state index contributed by atoms with van der Waals surface area (Å²) >= 11 is 0. The Kier molecular flexibility index (Phi) is 2.00. The molecule has 0 aromatic carbocycles. The largest absolute Gasteiger partial charge is 0.363 e. The van der Waals surface area contributed by atoms with Crippen LogP contribution in [0.3, 0.4) is 0 Å². The molecule has 3 heteroatoms. The molecule has 0 radical (unpaired) electrons. The molecule has 0 aliphatic rings. The van der Waals surface area contributed by atoms with Gasteiger partial charge in [0.15, 0.2) is 6.17 Å². The first-order valence-electron chi connectivity index (χ1n) is 3.58. The van der Waals surface area contributed by atoms with Crippen molar-refractivity contribution in [2.75, 3.05) is 0 Å². The number of hydrogen-bond donors (Lipinski definition) is 2. The van der Waals surface area contributed by atoms with Crippen molar-refractivity contribution in [1.82, 2.24) is 4.98 Å². The van der Waals surface area contributed by atoms with Crippen LogP contribution < -0.4 is 5.73 Å². The van der Waals surface area contributed by atoms with Gasteiger partial charge in [-0.1, -0.05) is 0 Å². The Labute approximate surface area is 65.6 Å². The molecule has 1 rings (SSSR count). The summed E-state index contributed by atoms with van der Waals surface area (Å²) < 4.78 is 13.3. The van der Waals surface area contributed by atoms with Gasteiger partial charge >= 0.3 is 0 Å². The highest BCUT2D eigenvalue weighted by molar-refractivity contribution is 5.11. The molecule has 0 spiro atoms. The van der Waals surface area contributed by atoms with Crippen molar-refractivity contribution >= 4 is 0 Å². The molecule has 0 amide bonds. The lowest BCUT2D eigenvalue weighted by Crippen LogP contribution is -2.37. The van der Waals surface area contributed by atoms with Crippen LogP contribution in [0.15, 0.2) is 18.3 Å². The maximum Gasteiger partial charge on any atom is 0.157 e. The monoisotopic (exact) mass is 156 g/mol. The van der Waals surface area contributed by atoms with Crippen LogP contribution in [-0.4, -0.2) is 10.5 Å². The van der Waals surface area contributed by atoms with Gasteiger partial charge in [-0.05, 0) is 26.0 Å². The molecule has 2 nitrogen and oxygen atoms in total. The van der Waals surface area contributed by atoms with Gasteiger partial charge in [0.1, 0.15) is 0 Å². The average Bonchev–Trinajstić information content (AvgIpc) is 2.34. The normalized spacial score (nSPS) is 14.9. The van der Waals surface area contributed by atoms with Gasteiger partial charge in [-0.25, -0.2) is 4.39 Å². The Morgan fingerprint density at radius 3 is 2.64 bits per heavy atom. The Balaban J connectivity index is 2.78. The van der Waals surface area contributed by atoms with E-state index in [0.717, 1.165) is 0 Å². The van der Waals surface area contributed by atoms with E-state index in [4.69, 9.17) is 5.73 Å². The molecular weight excluding hydrogens is 143 g/mol. The van der Waals surface area contributed by atoms with Crippen LogP contribution in [0.4, 0.5) is 4.39 Å². The summed E-state index contributed by atoms with van der Waals surface area (Å²) in [7, 11) is 0. The minimum Gasteiger partial charge on any atom is -0.363 e. The number of H-pyrrole nitrogens is 1. The van der Waals surface area contributed by atoms with Crippen molar-refractivity contribution in [3.63, 3.8) is 0 Å². The number of halogens is 1. The lowest BCUT2D eigenvalue weighted by atomic mass is 9.98. The van der Waals surface area contributed by atoms with Gasteiger partial charge < -0.3 is 10.7 Å². The number of aromatic amines is 1. The fourth-order valence-electron chi connectivity index (χ4n) is 0.903.